The third kappa shape index (κ3) is 2.78. The van der Waals surface area contributed by atoms with E-state index in [0.717, 1.165) is 23.1 Å². The summed E-state index contributed by atoms with van der Waals surface area (Å²) in [5.41, 5.74) is 9.45. The second-order valence-corrected chi connectivity index (χ2v) is 4.23. The number of aromatic nitrogens is 1. The molecule has 0 saturated carbocycles. The van der Waals surface area contributed by atoms with Gasteiger partial charge >= 0.3 is 0 Å². The molecule has 0 aliphatic heterocycles. The summed E-state index contributed by atoms with van der Waals surface area (Å²) in [5.74, 6) is 0.662. The lowest BCUT2D eigenvalue weighted by Gasteiger charge is -1.95. The van der Waals surface area contributed by atoms with E-state index in [1.165, 1.54) is 5.56 Å². The molecule has 0 saturated heterocycles. The smallest absolute Gasteiger partial charge is 0.227 e. The zero-order valence-electron chi connectivity index (χ0n) is 10.4. The van der Waals surface area contributed by atoms with E-state index in [2.05, 4.69) is 4.98 Å². The zero-order valence-corrected chi connectivity index (χ0v) is 11.2. The molecule has 19 heavy (non-hydrogen) atoms. The maximum atomic E-state index is 5.74. The first-order valence-corrected chi connectivity index (χ1v) is 6.02. The van der Waals surface area contributed by atoms with E-state index in [0.29, 0.717) is 12.4 Å². The third-order valence-electron chi connectivity index (χ3n) is 2.91. The topological polar surface area (TPSA) is 52.0 Å². The highest BCUT2D eigenvalue weighted by Crippen LogP contribution is 2.24. The van der Waals surface area contributed by atoms with Gasteiger partial charge in [-0.15, -0.1) is 12.4 Å². The van der Waals surface area contributed by atoms with E-state index in [-0.39, 0.29) is 12.4 Å². The van der Waals surface area contributed by atoms with Crippen molar-refractivity contribution in [1.29, 1.82) is 0 Å². The molecule has 0 spiro atoms. The predicted molar refractivity (Wildman–Crippen MR) is 79.5 cm³/mol. The molecule has 1 aromatic heterocycles. The highest BCUT2D eigenvalue weighted by Gasteiger charge is 2.07. The van der Waals surface area contributed by atoms with Crippen LogP contribution in [-0.4, -0.2) is 11.5 Å². The quantitative estimate of drug-likeness (QED) is 0.796. The van der Waals surface area contributed by atoms with Gasteiger partial charge in [0, 0.05) is 5.56 Å². The maximum Gasteiger partial charge on any atom is 0.227 e. The molecule has 4 heteroatoms. The van der Waals surface area contributed by atoms with Crippen LogP contribution >= 0.6 is 12.4 Å². The number of halogens is 1. The first kappa shape index (κ1) is 13.6. The van der Waals surface area contributed by atoms with Crippen molar-refractivity contribution in [3.05, 3.63) is 54.1 Å². The molecule has 0 fully saturated rings. The highest BCUT2D eigenvalue weighted by molar-refractivity contribution is 5.85. The van der Waals surface area contributed by atoms with Crippen LogP contribution in [-0.2, 0) is 6.42 Å². The normalized spacial score (nSPS) is 10.4. The lowest BCUT2D eigenvalue weighted by Crippen LogP contribution is -2.02. The van der Waals surface area contributed by atoms with Gasteiger partial charge < -0.3 is 10.2 Å². The monoisotopic (exact) mass is 274 g/mol. The van der Waals surface area contributed by atoms with Gasteiger partial charge in [0.25, 0.3) is 0 Å². The van der Waals surface area contributed by atoms with E-state index < -0.39 is 0 Å². The molecule has 2 aromatic carbocycles. The minimum absolute atomic E-state index is 0. The summed E-state index contributed by atoms with van der Waals surface area (Å²) in [6.07, 6.45) is 0.865. The van der Waals surface area contributed by atoms with Crippen LogP contribution in [0.5, 0.6) is 0 Å². The van der Waals surface area contributed by atoms with Gasteiger partial charge in [0.15, 0.2) is 5.58 Å². The molecule has 0 atom stereocenters. The average molecular weight is 275 g/mol. The Bertz CT molecular complexity index is 664. The lowest BCUT2D eigenvalue weighted by molar-refractivity contribution is 0.620. The molecule has 0 radical (unpaired) electrons. The molecule has 0 amide bonds. The van der Waals surface area contributed by atoms with Gasteiger partial charge in [-0.2, -0.15) is 0 Å². The molecule has 0 unspecified atom stereocenters. The van der Waals surface area contributed by atoms with E-state index in [4.69, 9.17) is 10.2 Å². The summed E-state index contributed by atoms with van der Waals surface area (Å²) in [6, 6.07) is 15.9. The number of oxazole rings is 1. The molecule has 0 aliphatic carbocycles. The Hall–Kier alpha value is -1.84. The molecule has 3 nitrogen and oxygen atoms in total. The van der Waals surface area contributed by atoms with Gasteiger partial charge in [-0.25, -0.2) is 4.98 Å². The fourth-order valence-corrected chi connectivity index (χ4v) is 2.00. The molecule has 0 bridgehead atoms. The van der Waals surface area contributed by atoms with E-state index >= 15 is 0 Å². The minimum atomic E-state index is 0. The number of hydrogen-bond acceptors (Lipinski definition) is 3. The summed E-state index contributed by atoms with van der Waals surface area (Å²) in [6.45, 7) is 0.648. The maximum absolute atomic E-state index is 5.74. The number of nitrogens with zero attached hydrogens (tertiary/aromatic N) is 1. The lowest BCUT2D eigenvalue weighted by atomic mass is 10.1. The highest BCUT2D eigenvalue weighted by atomic mass is 35.5. The van der Waals surface area contributed by atoms with Gasteiger partial charge in [0.05, 0.1) is 0 Å². The Morgan fingerprint density at radius 1 is 1.05 bits per heavy atom. The second kappa shape index (κ2) is 5.87. The molecule has 0 aliphatic rings. The molecule has 98 valence electrons. The van der Waals surface area contributed by atoms with Crippen LogP contribution in [0.2, 0.25) is 0 Å². The van der Waals surface area contributed by atoms with Crippen LogP contribution in [0.4, 0.5) is 0 Å². The molecular weight excluding hydrogens is 260 g/mol. The summed E-state index contributed by atoms with van der Waals surface area (Å²) >= 11 is 0. The number of benzene rings is 2. The SMILES string of the molecule is Cl.NCCc1ccc2oc(-c3ccccc3)nc2c1. The van der Waals surface area contributed by atoms with Crippen LogP contribution in [0.1, 0.15) is 5.56 Å². The Labute approximate surface area is 117 Å². The summed E-state index contributed by atoms with van der Waals surface area (Å²) in [5, 5.41) is 0. The van der Waals surface area contributed by atoms with Gasteiger partial charge in [0.2, 0.25) is 5.89 Å². The zero-order chi connectivity index (χ0) is 12.4. The van der Waals surface area contributed by atoms with Gasteiger partial charge in [0.1, 0.15) is 5.52 Å². The van der Waals surface area contributed by atoms with Gasteiger partial charge in [-0.1, -0.05) is 24.3 Å². The average Bonchev–Trinajstić information content (AvgIpc) is 2.83. The Kier molecular flexibility index (Phi) is 4.20. The third-order valence-corrected chi connectivity index (χ3v) is 2.91. The molecule has 3 aromatic rings. The Morgan fingerprint density at radius 2 is 1.84 bits per heavy atom. The van der Waals surface area contributed by atoms with Crippen molar-refractivity contribution in [2.75, 3.05) is 6.54 Å². The van der Waals surface area contributed by atoms with Crippen molar-refractivity contribution in [3.63, 3.8) is 0 Å². The standard InChI is InChI=1S/C15H14N2O.ClH/c16-9-8-11-6-7-14-13(10-11)17-15(18-14)12-4-2-1-3-5-12;/h1-7,10H,8-9,16H2;1H. The first-order valence-electron chi connectivity index (χ1n) is 6.02. The fourth-order valence-electron chi connectivity index (χ4n) is 2.00. The van der Waals surface area contributed by atoms with Crippen molar-refractivity contribution in [2.45, 2.75) is 6.42 Å². The minimum Gasteiger partial charge on any atom is -0.436 e. The summed E-state index contributed by atoms with van der Waals surface area (Å²) < 4.78 is 5.74. The van der Waals surface area contributed by atoms with Crippen LogP contribution in [0, 0.1) is 0 Å². The van der Waals surface area contributed by atoms with E-state index in [1.54, 1.807) is 0 Å². The van der Waals surface area contributed by atoms with Crippen LogP contribution in [0.25, 0.3) is 22.6 Å². The van der Waals surface area contributed by atoms with Crippen molar-refractivity contribution in [1.82, 2.24) is 4.98 Å². The first-order chi connectivity index (χ1) is 8.86. The van der Waals surface area contributed by atoms with Crippen molar-refractivity contribution in [3.8, 4) is 11.5 Å². The van der Waals surface area contributed by atoms with Crippen molar-refractivity contribution in [2.24, 2.45) is 5.73 Å². The molecule has 2 N–H and O–H groups in total. The number of hydrogen-bond donors (Lipinski definition) is 1. The number of rotatable bonds is 3. The number of fused-ring (bicyclic) bond motifs is 1. The Morgan fingerprint density at radius 3 is 2.58 bits per heavy atom. The summed E-state index contributed by atoms with van der Waals surface area (Å²) in [4.78, 5) is 4.52. The largest absolute Gasteiger partial charge is 0.436 e. The molecule has 1 heterocycles. The van der Waals surface area contributed by atoms with Gasteiger partial charge in [-0.3, -0.25) is 0 Å². The van der Waals surface area contributed by atoms with Crippen LogP contribution in [0.3, 0.4) is 0 Å². The van der Waals surface area contributed by atoms with Crippen molar-refractivity contribution >= 4 is 23.5 Å². The Balaban J connectivity index is 0.00000133. The van der Waals surface area contributed by atoms with E-state index in [1.807, 2.05) is 48.5 Å². The van der Waals surface area contributed by atoms with Crippen LogP contribution in [0.15, 0.2) is 52.9 Å². The predicted octanol–water partition coefficient (Wildman–Crippen LogP) is 3.42. The second-order valence-electron chi connectivity index (χ2n) is 4.23. The van der Waals surface area contributed by atoms with Crippen LogP contribution < -0.4 is 5.73 Å². The molecule has 3 rings (SSSR count). The number of nitrogens with two attached hydrogens (primary N) is 1. The molecular formula is C15H15ClN2O. The van der Waals surface area contributed by atoms with Crippen molar-refractivity contribution < 1.29 is 4.42 Å². The summed E-state index contributed by atoms with van der Waals surface area (Å²) in [7, 11) is 0. The van der Waals surface area contributed by atoms with E-state index in [9.17, 15) is 0 Å². The van der Waals surface area contributed by atoms with Gasteiger partial charge in [-0.05, 0) is 42.8 Å². The fraction of sp³-hybridized carbons (Fsp3) is 0.133.